The average Bonchev–Trinajstić information content (AvgIpc) is 3.05. The van der Waals surface area contributed by atoms with Crippen LogP contribution in [-0.2, 0) is 11.0 Å². The Kier molecular flexibility index (Phi) is 7.59. The third kappa shape index (κ3) is 4.83. The van der Waals surface area contributed by atoms with Crippen molar-refractivity contribution in [2.45, 2.75) is 31.7 Å². The van der Waals surface area contributed by atoms with Gasteiger partial charge in [-0.2, -0.15) is 18.3 Å². The molecule has 2 aromatic rings. The van der Waals surface area contributed by atoms with Gasteiger partial charge in [0.1, 0.15) is 5.75 Å². The van der Waals surface area contributed by atoms with Crippen LogP contribution in [0.1, 0.15) is 24.0 Å². The van der Waals surface area contributed by atoms with Crippen molar-refractivity contribution in [3.8, 4) is 5.75 Å². The molecule has 0 spiro atoms. The van der Waals surface area contributed by atoms with Crippen LogP contribution in [-0.4, -0.2) is 65.5 Å². The molecule has 1 aromatic heterocycles. The highest BCUT2D eigenvalue weighted by Crippen LogP contribution is 2.37. The molecular weight excluding hydrogens is 472 g/mol. The van der Waals surface area contributed by atoms with E-state index in [9.17, 15) is 23.1 Å². The van der Waals surface area contributed by atoms with Crippen molar-refractivity contribution >= 4 is 35.2 Å². The van der Waals surface area contributed by atoms with Gasteiger partial charge in [-0.25, -0.2) is 4.68 Å². The first kappa shape index (κ1) is 24.6. The number of aliphatic hydroxyl groups is 1. The number of hydrogen-bond donors (Lipinski definition) is 1. The van der Waals surface area contributed by atoms with E-state index < -0.39 is 23.1 Å². The fourth-order valence-corrected chi connectivity index (χ4v) is 4.34. The van der Waals surface area contributed by atoms with Crippen LogP contribution < -0.4 is 9.64 Å². The number of anilines is 1. The molecule has 12 heteroatoms. The molecular formula is C20H23Cl2F3N4O3. The molecule has 1 aromatic carbocycles. The maximum Gasteiger partial charge on any atom is 0.436 e. The number of alkyl halides is 3. The third-order valence-corrected chi connectivity index (χ3v) is 6.31. The predicted octanol–water partition coefficient (Wildman–Crippen LogP) is 3.80. The van der Waals surface area contributed by atoms with Crippen LogP contribution in [0.2, 0.25) is 10.0 Å². The van der Waals surface area contributed by atoms with E-state index in [0.717, 1.165) is 10.4 Å². The van der Waals surface area contributed by atoms with E-state index >= 15 is 0 Å². The molecule has 0 saturated carbocycles. The van der Waals surface area contributed by atoms with Crippen molar-refractivity contribution in [2.24, 2.45) is 0 Å². The summed E-state index contributed by atoms with van der Waals surface area (Å²) >= 11 is 12.0. The molecule has 3 rings (SSSR count). The number of hydrogen-bond acceptors (Lipinski definition) is 6. The predicted molar refractivity (Wildman–Crippen MR) is 114 cm³/mol. The van der Waals surface area contributed by atoms with Crippen LogP contribution in [0.15, 0.2) is 18.2 Å². The molecule has 7 nitrogen and oxygen atoms in total. The minimum atomic E-state index is -4.74. The van der Waals surface area contributed by atoms with Gasteiger partial charge in [-0.1, -0.05) is 23.2 Å². The number of methoxy groups -OCH3 is 1. The first-order valence-corrected chi connectivity index (χ1v) is 10.6. The van der Waals surface area contributed by atoms with Crippen LogP contribution >= 0.6 is 23.2 Å². The Bertz CT molecular complexity index is 970. The maximum atomic E-state index is 13.3. The number of ether oxygens (including phenoxy) is 1. The van der Waals surface area contributed by atoms with Gasteiger partial charge in [0.15, 0.2) is 18.1 Å². The van der Waals surface area contributed by atoms with Gasteiger partial charge in [0, 0.05) is 44.0 Å². The van der Waals surface area contributed by atoms with Crippen LogP contribution in [0.4, 0.5) is 18.9 Å². The lowest BCUT2D eigenvalue weighted by atomic mass is 10.1. The second-order valence-corrected chi connectivity index (χ2v) is 8.19. The van der Waals surface area contributed by atoms with Crippen molar-refractivity contribution in [1.29, 1.82) is 0 Å². The second kappa shape index (κ2) is 9.86. The quantitative estimate of drug-likeness (QED) is 0.590. The monoisotopic (exact) mass is 494 g/mol. The minimum Gasteiger partial charge on any atom is -0.495 e. The van der Waals surface area contributed by atoms with E-state index in [1.165, 1.54) is 14.0 Å². The molecule has 32 heavy (non-hydrogen) atoms. The topological polar surface area (TPSA) is 70.8 Å². The number of aldehydes is 1. The fraction of sp³-hybridized carbons (Fsp3) is 0.500. The van der Waals surface area contributed by atoms with E-state index in [2.05, 4.69) is 5.10 Å². The van der Waals surface area contributed by atoms with E-state index in [1.807, 2.05) is 11.0 Å². The van der Waals surface area contributed by atoms with Gasteiger partial charge >= 0.3 is 6.18 Å². The molecule has 1 aliphatic heterocycles. The molecule has 1 fully saturated rings. The summed E-state index contributed by atoms with van der Waals surface area (Å²) in [5.41, 5.74) is -0.341. The molecule has 1 N–H and O–H groups in total. The van der Waals surface area contributed by atoms with Crippen molar-refractivity contribution in [1.82, 2.24) is 14.7 Å². The standard InChI is InChI=1S/C20H23Cl2F3N4O3/c1-12-18(22)19(20(23,24)25)26-29(12)17(11-31)28-7-6-27(10-14(28)5-8-30)13-3-4-15(21)16(9-13)32-2/h3-4,9,11,14,17,30H,5-8,10H2,1-2H3. The Morgan fingerprint density at radius 2 is 2.06 bits per heavy atom. The van der Waals surface area contributed by atoms with Gasteiger partial charge in [-0.05, 0) is 25.5 Å². The lowest BCUT2D eigenvalue weighted by Gasteiger charge is -2.44. The smallest absolute Gasteiger partial charge is 0.436 e. The van der Waals surface area contributed by atoms with Gasteiger partial charge in [-0.3, -0.25) is 9.69 Å². The van der Waals surface area contributed by atoms with Crippen molar-refractivity contribution in [3.63, 3.8) is 0 Å². The summed E-state index contributed by atoms with van der Waals surface area (Å²) in [6.45, 7) is 2.49. The summed E-state index contributed by atoms with van der Waals surface area (Å²) < 4.78 is 46.0. The van der Waals surface area contributed by atoms with Crippen molar-refractivity contribution in [3.05, 3.63) is 39.6 Å². The number of benzene rings is 1. The van der Waals surface area contributed by atoms with E-state index in [0.29, 0.717) is 43.1 Å². The van der Waals surface area contributed by atoms with Crippen LogP contribution in [0.5, 0.6) is 5.75 Å². The maximum absolute atomic E-state index is 13.3. The molecule has 1 saturated heterocycles. The number of nitrogens with zero attached hydrogens (tertiary/aromatic N) is 4. The van der Waals surface area contributed by atoms with Gasteiger partial charge in [0.05, 0.1) is 22.8 Å². The summed E-state index contributed by atoms with van der Waals surface area (Å²) in [5, 5.41) is 13.1. The Morgan fingerprint density at radius 1 is 1.34 bits per heavy atom. The number of rotatable bonds is 7. The highest BCUT2D eigenvalue weighted by Gasteiger charge is 2.41. The first-order valence-electron chi connectivity index (χ1n) is 9.84. The van der Waals surface area contributed by atoms with Crippen molar-refractivity contribution in [2.75, 3.05) is 38.3 Å². The summed E-state index contributed by atoms with van der Waals surface area (Å²) in [5.74, 6) is 0.512. The van der Waals surface area contributed by atoms with E-state index in [-0.39, 0.29) is 18.3 Å². The molecule has 2 heterocycles. The summed E-state index contributed by atoms with van der Waals surface area (Å²) in [6.07, 6.45) is -4.98. The number of halogens is 5. The molecule has 0 radical (unpaired) electrons. The molecule has 1 aliphatic rings. The SMILES string of the molecule is COc1cc(N2CCN(C(C=O)n3nc(C(F)(F)F)c(Cl)c3C)C(CCO)C2)ccc1Cl. The molecule has 0 aliphatic carbocycles. The van der Waals surface area contributed by atoms with Crippen LogP contribution in [0, 0.1) is 6.92 Å². The highest BCUT2D eigenvalue weighted by atomic mass is 35.5. The zero-order valence-corrected chi connectivity index (χ0v) is 19.0. The summed E-state index contributed by atoms with van der Waals surface area (Å²) in [6, 6.07) is 5.01. The fourth-order valence-electron chi connectivity index (χ4n) is 3.92. The zero-order chi connectivity index (χ0) is 23.6. The molecule has 2 unspecified atom stereocenters. The van der Waals surface area contributed by atoms with Crippen LogP contribution in [0.3, 0.4) is 0 Å². The van der Waals surface area contributed by atoms with Gasteiger partial charge in [0.2, 0.25) is 0 Å². The average molecular weight is 495 g/mol. The van der Waals surface area contributed by atoms with E-state index in [1.54, 1.807) is 17.0 Å². The van der Waals surface area contributed by atoms with Gasteiger partial charge in [-0.15, -0.1) is 0 Å². The summed E-state index contributed by atoms with van der Waals surface area (Å²) in [4.78, 5) is 15.8. The highest BCUT2D eigenvalue weighted by molar-refractivity contribution is 6.32. The normalized spacial score (nSPS) is 18.6. The largest absolute Gasteiger partial charge is 0.495 e. The lowest BCUT2D eigenvalue weighted by molar-refractivity contribution is -0.142. The van der Waals surface area contributed by atoms with Crippen molar-refractivity contribution < 1.29 is 27.8 Å². The third-order valence-electron chi connectivity index (χ3n) is 5.55. The number of aliphatic hydroxyl groups excluding tert-OH is 1. The number of carbonyl (C=O) groups excluding carboxylic acids is 1. The van der Waals surface area contributed by atoms with Crippen LogP contribution in [0.25, 0.3) is 0 Å². The molecule has 0 amide bonds. The number of piperazine rings is 1. The zero-order valence-electron chi connectivity index (χ0n) is 17.4. The Hall–Kier alpha value is -2.01. The second-order valence-electron chi connectivity index (χ2n) is 7.41. The summed E-state index contributed by atoms with van der Waals surface area (Å²) in [7, 11) is 1.51. The Labute approximate surface area is 193 Å². The number of carbonyl (C=O) groups is 1. The minimum absolute atomic E-state index is 0.0451. The van der Waals surface area contributed by atoms with Gasteiger partial charge < -0.3 is 14.7 Å². The molecule has 0 bridgehead atoms. The Balaban J connectivity index is 1.90. The first-order chi connectivity index (χ1) is 15.1. The Morgan fingerprint density at radius 3 is 2.62 bits per heavy atom. The number of aromatic nitrogens is 2. The molecule has 176 valence electrons. The van der Waals surface area contributed by atoms with E-state index in [4.69, 9.17) is 27.9 Å². The molecule has 2 atom stereocenters. The van der Waals surface area contributed by atoms with Gasteiger partial charge in [0.25, 0.3) is 0 Å². The lowest BCUT2D eigenvalue weighted by Crippen LogP contribution is -2.56.